The number of aryl methyl sites for hydroxylation is 1. The van der Waals surface area contributed by atoms with Crippen LogP contribution in [-0.4, -0.2) is 41.2 Å². The van der Waals surface area contributed by atoms with Crippen molar-refractivity contribution in [3.63, 3.8) is 0 Å². The zero-order valence-electron chi connectivity index (χ0n) is 18.3. The lowest BCUT2D eigenvalue weighted by Crippen LogP contribution is -2.39. The van der Waals surface area contributed by atoms with E-state index in [2.05, 4.69) is 4.99 Å². The first-order valence-corrected chi connectivity index (χ1v) is 12.9. The number of nitrogens with zero attached hydrogens (tertiary/aromatic N) is 4. The molecule has 174 valence electrons. The van der Waals surface area contributed by atoms with Gasteiger partial charge in [0.1, 0.15) is 0 Å². The lowest BCUT2D eigenvalue weighted by molar-refractivity contribution is -0.384. The SMILES string of the molecule is CCn1c(=NC(=O)c2ccc(S(=O)(=O)N3CCCC(C)C3)cc2)sc2cc([N+](=O)[O-])ccc21. The molecule has 1 aliphatic rings. The van der Waals surface area contributed by atoms with Crippen molar-refractivity contribution in [3.8, 4) is 0 Å². The van der Waals surface area contributed by atoms with Crippen molar-refractivity contribution in [1.82, 2.24) is 8.87 Å². The minimum absolute atomic E-state index is 0.0234. The van der Waals surface area contributed by atoms with Crippen LogP contribution in [-0.2, 0) is 16.6 Å². The van der Waals surface area contributed by atoms with Crippen LogP contribution in [0.2, 0.25) is 0 Å². The zero-order valence-corrected chi connectivity index (χ0v) is 19.9. The average molecular weight is 489 g/mol. The van der Waals surface area contributed by atoms with Crippen molar-refractivity contribution < 1.29 is 18.1 Å². The number of sulfonamides is 1. The zero-order chi connectivity index (χ0) is 23.8. The smallest absolute Gasteiger partial charge is 0.279 e. The van der Waals surface area contributed by atoms with Crippen LogP contribution in [0, 0.1) is 16.0 Å². The Bertz CT molecular complexity index is 1390. The van der Waals surface area contributed by atoms with Crippen molar-refractivity contribution in [2.24, 2.45) is 10.9 Å². The monoisotopic (exact) mass is 488 g/mol. The second kappa shape index (κ2) is 9.16. The molecule has 0 radical (unpaired) electrons. The number of nitro benzene ring substituents is 1. The molecule has 9 nitrogen and oxygen atoms in total. The van der Waals surface area contributed by atoms with Crippen molar-refractivity contribution in [2.45, 2.75) is 38.1 Å². The molecule has 1 amide bonds. The van der Waals surface area contributed by atoms with Crippen molar-refractivity contribution in [1.29, 1.82) is 0 Å². The van der Waals surface area contributed by atoms with E-state index in [1.807, 2.05) is 18.4 Å². The van der Waals surface area contributed by atoms with Gasteiger partial charge in [0.2, 0.25) is 10.0 Å². The molecule has 0 saturated carbocycles. The standard InChI is InChI=1S/C22H24N4O5S2/c1-3-25-19-11-8-17(26(28)29)13-20(19)32-22(25)23-21(27)16-6-9-18(10-7-16)33(30,31)24-12-4-5-15(2)14-24/h6-11,13,15H,3-5,12,14H2,1-2H3. The predicted molar refractivity (Wildman–Crippen MR) is 126 cm³/mol. The number of piperidine rings is 1. The van der Waals surface area contributed by atoms with Crippen molar-refractivity contribution >= 4 is 43.2 Å². The number of hydrogen-bond acceptors (Lipinski definition) is 6. The molecule has 4 rings (SSSR count). The van der Waals surface area contributed by atoms with Crippen LogP contribution in [0.1, 0.15) is 37.0 Å². The van der Waals surface area contributed by atoms with E-state index in [-0.39, 0.29) is 16.1 Å². The number of carbonyl (C=O) groups excluding carboxylic acids is 1. The summed E-state index contributed by atoms with van der Waals surface area (Å²) in [4.78, 5) is 28.2. The van der Waals surface area contributed by atoms with Crippen LogP contribution >= 0.6 is 11.3 Å². The summed E-state index contributed by atoms with van der Waals surface area (Å²) in [6.45, 7) is 5.48. The molecule has 1 aromatic heterocycles. The fraction of sp³-hybridized carbons (Fsp3) is 0.364. The van der Waals surface area contributed by atoms with E-state index in [0.29, 0.717) is 35.1 Å². The Kier molecular flexibility index (Phi) is 6.46. The van der Waals surface area contributed by atoms with Gasteiger partial charge in [0.05, 0.1) is 20.0 Å². The topological polar surface area (TPSA) is 115 Å². The maximum absolute atomic E-state index is 12.9. The summed E-state index contributed by atoms with van der Waals surface area (Å²) in [7, 11) is -3.60. The number of carbonyl (C=O) groups is 1. The van der Waals surface area contributed by atoms with E-state index in [9.17, 15) is 23.3 Å². The number of nitro groups is 1. The Morgan fingerprint density at radius 2 is 1.97 bits per heavy atom. The summed E-state index contributed by atoms with van der Waals surface area (Å²) in [5, 5.41) is 11.1. The van der Waals surface area contributed by atoms with Gasteiger partial charge >= 0.3 is 0 Å². The molecule has 0 bridgehead atoms. The summed E-state index contributed by atoms with van der Waals surface area (Å²) in [5.74, 6) is -0.185. The summed E-state index contributed by atoms with van der Waals surface area (Å²) in [6.07, 6.45) is 1.86. The molecule has 3 aromatic rings. The van der Waals surface area contributed by atoms with Gasteiger partial charge in [0, 0.05) is 37.3 Å². The van der Waals surface area contributed by atoms with Crippen LogP contribution in [0.3, 0.4) is 0 Å². The van der Waals surface area contributed by atoms with Crippen LogP contribution < -0.4 is 4.80 Å². The van der Waals surface area contributed by atoms with E-state index in [1.54, 1.807) is 6.07 Å². The van der Waals surface area contributed by atoms with Crippen LogP contribution in [0.25, 0.3) is 10.2 Å². The van der Waals surface area contributed by atoms with Gasteiger partial charge in [-0.25, -0.2) is 8.42 Å². The third-order valence-corrected chi connectivity index (χ3v) is 8.67. The van der Waals surface area contributed by atoms with Crippen LogP contribution in [0.5, 0.6) is 0 Å². The Labute approximate surface area is 195 Å². The molecule has 1 unspecified atom stereocenters. The quantitative estimate of drug-likeness (QED) is 0.400. The molecule has 0 aliphatic carbocycles. The molecule has 2 aromatic carbocycles. The van der Waals surface area contributed by atoms with E-state index in [0.717, 1.165) is 18.4 Å². The van der Waals surface area contributed by atoms with Gasteiger partial charge in [-0.1, -0.05) is 18.3 Å². The highest BCUT2D eigenvalue weighted by Crippen LogP contribution is 2.25. The highest BCUT2D eigenvalue weighted by atomic mass is 32.2. The summed E-state index contributed by atoms with van der Waals surface area (Å²) >= 11 is 1.20. The number of aromatic nitrogens is 1. The summed E-state index contributed by atoms with van der Waals surface area (Å²) < 4.78 is 29.8. The molecule has 1 saturated heterocycles. The third-order valence-electron chi connectivity index (χ3n) is 5.75. The fourth-order valence-electron chi connectivity index (χ4n) is 4.00. The second-order valence-electron chi connectivity index (χ2n) is 8.09. The molecule has 11 heteroatoms. The third kappa shape index (κ3) is 4.61. The first-order chi connectivity index (χ1) is 15.7. The first-order valence-electron chi connectivity index (χ1n) is 10.7. The van der Waals surface area contributed by atoms with Crippen LogP contribution in [0.4, 0.5) is 5.69 Å². The van der Waals surface area contributed by atoms with Gasteiger partial charge in [-0.2, -0.15) is 9.30 Å². The van der Waals surface area contributed by atoms with Gasteiger partial charge in [0.25, 0.3) is 11.6 Å². The lowest BCUT2D eigenvalue weighted by atomic mass is 10.0. The second-order valence-corrected chi connectivity index (χ2v) is 11.0. The Hall–Kier alpha value is -2.89. The van der Waals surface area contributed by atoms with E-state index in [1.165, 1.54) is 52.0 Å². The minimum Gasteiger partial charge on any atom is -0.317 e. The van der Waals surface area contributed by atoms with Gasteiger partial charge in [0.15, 0.2) is 4.80 Å². The molecular weight excluding hydrogens is 464 g/mol. The molecule has 2 heterocycles. The maximum Gasteiger partial charge on any atom is 0.279 e. The number of rotatable bonds is 5. The molecular formula is C22H24N4O5S2. The van der Waals surface area contributed by atoms with E-state index >= 15 is 0 Å². The van der Waals surface area contributed by atoms with Crippen molar-refractivity contribution in [2.75, 3.05) is 13.1 Å². The molecule has 1 aliphatic heterocycles. The number of thiazole rings is 1. The van der Waals surface area contributed by atoms with Gasteiger partial charge < -0.3 is 4.57 Å². The lowest BCUT2D eigenvalue weighted by Gasteiger charge is -2.30. The minimum atomic E-state index is -3.60. The Morgan fingerprint density at radius 3 is 2.61 bits per heavy atom. The van der Waals surface area contributed by atoms with Gasteiger partial charge in [-0.15, -0.1) is 0 Å². The van der Waals surface area contributed by atoms with E-state index < -0.39 is 20.9 Å². The number of fused-ring (bicyclic) bond motifs is 1. The number of benzene rings is 2. The number of non-ortho nitro benzene ring substituents is 1. The average Bonchev–Trinajstić information content (AvgIpc) is 3.15. The van der Waals surface area contributed by atoms with Crippen LogP contribution in [0.15, 0.2) is 52.4 Å². The molecule has 1 fully saturated rings. The molecule has 0 spiro atoms. The Balaban J connectivity index is 1.64. The molecule has 0 N–H and O–H groups in total. The first kappa shape index (κ1) is 23.3. The Morgan fingerprint density at radius 1 is 1.24 bits per heavy atom. The molecule has 1 atom stereocenters. The predicted octanol–water partition coefficient (Wildman–Crippen LogP) is 3.79. The summed E-state index contributed by atoms with van der Waals surface area (Å²) in [6, 6.07) is 10.4. The fourth-order valence-corrected chi connectivity index (χ4v) is 6.72. The van der Waals surface area contributed by atoms with E-state index in [4.69, 9.17) is 0 Å². The van der Waals surface area contributed by atoms with Crippen molar-refractivity contribution in [3.05, 3.63) is 62.9 Å². The normalized spacial score (nSPS) is 18.0. The van der Waals surface area contributed by atoms with Gasteiger partial charge in [-0.05, 0) is 56.0 Å². The number of hydrogen-bond donors (Lipinski definition) is 0. The molecule has 33 heavy (non-hydrogen) atoms. The van der Waals surface area contributed by atoms with Gasteiger partial charge in [-0.3, -0.25) is 14.9 Å². The maximum atomic E-state index is 12.9. The highest BCUT2D eigenvalue weighted by Gasteiger charge is 2.28. The summed E-state index contributed by atoms with van der Waals surface area (Å²) in [5.41, 5.74) is 1.01. The number of amides is 1. The largest absolute Gasteiger partial charge is 0.317 e. The highest BCUT2D eigenvalue weighted by molar-refractivity contribution is 7.89.